The van der Waals surface area contributed by atoms with Crippen molar-refractivity contribution in [3.05, 3.63) is 34.8 Å². The number of ether oxygens (including phenoxy) is 2. The highest BCUT2D eigenvalue weighted by molar-refractivity contribution is 7.15. The van der Waals surface area contributed by atoms with Crippen molar-refractivity contribution in [1.29, 1.82) is 0 Å². The third-order valence-electron chi connectivity index (χ3n) is 2.51. The molecule has 0 N–H and O–H groups in total. The van der Waals surface area contributed by atoms with Crippen molar-refractivity contribution in [2.45, 2.75) is 13.3 Å². The molecule has 0 aliphatic rings. The van der Waals surface area contributed by atoms with Crippen LogP contribution in [-0.2, 0) is 4.74 Å². The Morgan fingerprint density at radius 2 is 1.86 bits per heavy atom. The number of methoxy groups -OCH3 is 1. The molecule has 0 saturated carbocycles. The summed E-state index contributed by atoms with van der Waals surface area (Å²) in [5.41, 5.74) is 0.792. The van der Waals surface area contributed by atoms with E-state index in [9.17, 15) is 18.0 Å². The fourth-order valence-corrected chi connectivity index (χ4v) is 2.51. The molecule has 4 nitrogen and oxygen atoms in total. The number of rotatable bonds is 3. The Balaban J connectivity index is 2.25. The molecule has 0 amide bonds. The van der Waals surface area contributed by atoms with Crippen LogP contribution in [0.2, 0.25) is 0 Å². The van der Waals surface area contributed by atoms with E-state index in [0.717, 1.165) is 0 Å². The van der Waals surface area contributed by atoms with Crippen LogP contribution in [0.25, 0.3) is 10.6 Å². The van der Waals surface area contributed by atoms with Crippen molar-refractivity contribution in [2.24, 2.45) is 0 Å². The lowest BCUT2D eigenvalue weighted by Crippen LogP contribution is -2.16. The Bertz CT molecular complexity index is 650. The number of alkyl halides is 3. The van der Waals surface area contributed by atoms with Gasteiger partial charge in [-0.2, -0.15) is 0 Å². The summed E-state index contributed by atoms with van der Waals surface area (Å²) < 4.78 is 44.6. The molecule has 8 heteroatoms. The number of carbonyl (C=O) groups excluding carboxylic acids is 1. The average Bonchev–Trinajstić information content (AvgIpc) is 2.79. The van der Waals surface area contributed by atoms with Crippen LogP contribution in [0.5, 0.6) is 5.75 Å². The normalized spacial score (nSPS) is 11.3. The molecular formula is C13H10F3NO3S. The van der Waals surface area contributed by atoms with Crippen LogP contribution < -0.4 is 4.74 Å². The predicted octanol–water partition coefficient (Wildman–Crippen LogP) is 3.80. The summed E-state index contributed by atoms with van der Waals surface area (Å²) >= 11 is 1.26. The van der Waals surface area contributed by atoms with Crippen molar-refractivity contribution < 1.29 is 27.4 Å². The summed E-state index contributed by atoms with van der Waals surface area (Å²) in [6.07, 6.45) is -4.72. The lowest BCUT2D eigenvalue weighted by molar-refractivity contribution is -0.274. The fourth-order valence-electron chi connectivity index (χ4n) is 1.61. The van der Waals surface area contributed by atoms with Gasteiger partial charge in [-0.05, 0) is 31.2 Å². The molecule has 21 heavy (non-hydrogen) atoms. The molecule has 1 aromatic heterocycles. The van der Waals surface area contributed by atoms with Gasteiger partial charge in [0.25, 0.3) is 0 Å². The van der Waals surface area contributed by atoms with Gasteiger partial charge in [0, 0.05) is 10.4 Å². The van der Waals surface area contributed by atoms with Crippen molar-refractivity contribution in [1.82, 2.24) is 4.98 Å². The molecule has 0 fully saturated rings. The predicted molar refractivity (Wildman–Crippen MR) is 70.3 cm³/mol. The zero-order valence-electron chi connectivity index (χ0n) is 11.0. The number of aromatic nitrogens is 1. The van der Waals surface area contributed by atoms with E-state index in [1.165, 1.54) is 42.7 Å². The summed E-state index contributed by atoms with van der Waals surface area (Å²) in [4.78, 5) is 16.3. The van der Waals surface area contributed by atoms with Crippen LogP contribution in [0, 0.1) is 6.92 Å². The topological polar surface area (TPSA) is 48.4 Å². The van der Waals surface area contributed by atoms with Gasteiger partial charge in [-0.3, -0.25) is 0 Å². The van der Waals surface area contributed by atoms with Crippen LogP contribution in [0.4, 0.5) is 13.2 Å². The molecule has 1 heterocycles. The summed E-state index contributed by atoms with van der Waals surface area (Å²) in [6.45, 7) is 1.72. The van der Waals surface area contributed by atoms with E-state index in [2.05, 4.69) is 14.5 Å². The first-order chi connectivity index (χ1) is 9.80. The molecule has 2 aromatic rings. The van der Waals surface area contributed by atoms with Crippen LogP contribution in [0.1, 0.15) is 15.4 Å². The van der Waals surface area contributed by atoms with Crippen LogP contribution in [0.3, 0.4) is 0 Å². The summed E-state index contributed by atoms with van der Waals surface area (Å²) in [5.74, 6) is -0.861. The van der Waals surface area contributed by atoms with Gasteiger partial charge in [-0.1, -0.05) is 0 Å². The number of halogens is 3. The minimum Gasteiger partial charge on any atom is -0.464 e. The summed E-state index contributed by atoms with van der Waals surface area (Å²) in [7, 11) is 1.25. The SMILES string of the molecule is COC(=O)c1nc(-c2ccc(OC(F)(F)F)cc2)sc1C. The highest BCUT2D eigenvalue weighted by Gasteiger charge is 2.31. The number of esters is 1. The largest absolute Gasteiger partial charge is 0.573 e. The maximum absolute atomic E-state index is 12.1. The van der Waals surface area contributed by atoms with Gasteiger partial charge in [-0.25, -0.2) is 9.78 Å². The Morgan fingerprint density at radius 3 is 2.38 bits per heavy atom. The standard InChI is InChI=1S/C13H10F3NO3S/c1-7-10(12(18)19-2)17-11(21-7)8-3-5-9(6-4-8)20-13(14,15)16/h3-6H,1-2H3. The van der Waals surface area contributed by atoms with Crippen molar-refractivity contribution in [3.63, 3.8) is 0 Å². The molecule has 112 valence electrons. The highest BCUT2D eigenvalue weighted by atomic mass is 32.1. The third kappa shape index (κ3) is 3.72. The maximum Gasteiger partial charge on any atom is 0.573 e. The van der Waals surface area contributed by atoms with Gasteiger partial charge in [0.05, 0.1) is 7.11 Å². The summed E-state index contributed by atoms with van der Waals surface area (Å²) in [6, 6.07) is 5.27. The first-order valence-corrected chi connectivity index (χ1v) is 6.54. The zero-order chi connectivity index (χ0) is 15.6. The lowest BCUT2D eigenvalue weighted by atomic mass is 10.2. The van der Waals surface area contributed by atoms with Crippen molar-refractivity contribution >= 4 is 17.3 Å². The van der Waals surface area contributed by atoms with E-state index >= 15 is 0 Å². The number of thiazole rings is 1. The van der Waals surface area contributed by atoms with Crippen LogP contribution in [-0.4, -0.2) is 24.4 Å². The second-order valence-electron chi connectivity index (χ2n) is 3.99. The van der Waals surface area contributed by atoms with E-state index in [0.29, 0.717) is 15.4 Å². The number of hydrogen-bond acceptors (Lipinski definition) is 5. The first-order valence-electron chi connectivity index (χ1n) is 5.72. The average molecular weight is 317 g/mol. The Labute approximate surface area is 122 Å². The monoisotopic (exact) mass is 317 g/mol. The molecule has 0 bridgehead atoms. The molecule has 2 rings (SSSR count). The zero-order valence-corrected chi connectivity index (χ0v) is 11.8. The minimum absolute atomic E-state index is 0.202. The molecule has 0 radical (unpaired) electrons. The van der Waals surface area contributed by atoms with Crippen molar-refractivity contribution in [2.75, 3.05) is 7.11 Å². The van der Waals surface area contributed by atoms with E-state index in [1.807, 2.05) is 0 Å². The van der Waals surface area contributed by atoms with Crippen molar-refractivity contribution in [3.8, 4) is 16.3 Å². The smallest absolute Gasteiger partial charge is 0.464 e. The number of benzene rings is 1. The van der Waals surface area contributed by atoms with Crippen LogP contribution >= 0.6 is 11.3 Å². The Kier molecular flexibility index (Phi) is 4.17. The first kappa shape index (κ1) is 15.3. The van der Waals surface area contributed by atoms with Gasteiger partial charge in [0.1, 0.15) is 10.8 Å². The van der Waals surface area contributed by atoms with E-state index < -0.39 is 12.3 Å². The van der Waals surface area contributed by atoms with Gasteiger partial charge >= 0.3 is 12.3 Å². The maximum atomic E-state index is 12.1. The highest BCUT2D eigenvalue weighted by Crippen LogP contribution is 2.30. The molecule has 1 aromatic carbocycles. The third-order valence-corrected chi connectivity index (χ3v) is 3.53. The summed E-state index contributed by atoms with van der Waals surface area (Å²) in [5, 5.41) is 0.520. The molecular weight excluding hydrogens is 307 g/mol. The molecule has 0 aliphatic heterocycles. The number of hydrogen-bond donors (Lipinski definition) is 0. The number of nitrogens with zero attached hydrogens (tertiary/aromatic N) is 1. The molecule has 0 unspecified atom stereocenters. The second-order valence-corrected chi connectivity index (χ2v) is 5.19. The van der Waals surface area contributed by atoms with E-state index in [1.54, 1.807) is 6.92 Å². The minimum atomic E-state index is -4.72. The number of aryl methyl sites for hydroxylation is 1. The van der Waals surface area contributed by atoms with Crippen LogP contribution in [0.15, 0.2) is 24.3 Å². The molecule has 0 spiro atoms. The Hall–Kier alpha value is -2.09. The molecule has 0 atom stereocenters. The van der Waals surface area contributed by atoms with Gasteiger partial charge in [0.15, 0.2) is 5.69 Å². The molecule has 0 saturated heterocycles. The number of carbonyl (C=O) groups is 1. The van der Waals surface area contributed by atoms with E-state index in [4.69, 9.17) is 0 Å². The lowest BCUT2D eigenvalue weighted by Gasteiger charge is -2.08. The fraction of sp³-hybridized carbons (Fsp3) is 0.231. The quantitative estimate of drug-likeness (QED) is 0.808. The van der Waals surface area contributed by atoms with Gasteiger partial charge in [-0.15, -0.1) is 24.5 Å². The van der Waals surface area contributed by atoms with E-state index in [-0.39, 0.29) is 11.4 Å². The Morgan fingerprint density at radius 1 is 1.24 bits per heavy atom. The van der Waals surface area contributed by atoms with Gasteiger partial charge < -0.3 is 9.47 Å². The second kappa shape index (κ2) is 5.72. The van der Waals surface area contributed by atoms with Gasteiger partial charge in [0.2, 0.25) is 0 Å². The molecule has 0 aliphatic carbocycles.